The minimum Gasteiger partial charge on any atom is -0.406 e. The number of aromatic nitrogens is 3. The van der Waals surface area contributed by atoms with Gasteiger partial charge in [-0.3, -0.25) is 13.9 Å². The number of ether oxygens (including phenoxy) is 2. The second-order valence-corrected chi connectivity index (χ2v) is 6.99. The summed E-state index contributed by atoms with van der Waals surface area (Å²) in [6.07, 6.45) is -9.31. The molecule has 1 fully saturated rings. The SMILES string of the molecule is O=c1ccn([C@@H]2O[C@H](CO)[C@H](O)[C@@H]2O)c(=O)n1Cc1noc2cc(OC(F)(F)F)ccc12. The molecular weight excluding hydrogens is 443 g/mol. The van der Waals surface area contributed by atoms with E-state index in [1.54, 1.807) is 0 Å². The molecule has 3 heterocycles. The molecule has 2 aromatic heterocycles. The van der Waals surface area contributed by atoms with Crippen molar-refractivity contribution in [2.75, 3.05) is 6.61 Å². The van der Waals surface area contributed by atoms with Gasteiger partial charge in [0.05, 0.1) is 13.2 Å². The number of alkyl halides is 3. The quantitative estimate of drug-likeness (QED) is 0.468. The van der Waals surface area contributed by atoms with Gasteiger partial charge in [-0.05, 0) is 12.1 Å². The van der Waals surface area contributed by atoms with Crippen LogP contribution in [0.5, 0.6) is 5.75 Å². The van der Waals surface area contributed by atoms with E-state index < -0.39 is 61.1 Å². The zero-order valence-corrected chi connectivity index (χ0v) is 16.0. The molecule has 0 bridgehead atoms. The van der Waals surface area contributed by atoms with Crippen LogP contribution in [-0.2, 0) is 11.3 Å². The van der Waals surface area contributed by atoms with Gasteiger partial charge >= 0.3 is 12.1 Å². The highest BCUT2D eigenvalue weighted by Crippen LogP contribution is 2.29. The zero-order valence-electron chi connectivity index (χ0n) is 16.0. The van der Waals surface area contributed by atoms with Crippen LogP contribution >= 0.6 is 0 Å². The molecule has 1 aliphatic rings. The van der Waals surface area contributed by atoms with Crippen molar-refractivity contribution < 1.29 is 42.5 Å². The maximum absolute atomic E-state index is 12.9. The van der Waals surface area contributed by atoms with Gasteiger partial charge in [-0.15, -0.1) is 13.2 Å². The van der Waals surface area contributed by atoms with E-state index >= 15 is 0 Å². The normalized spacial score (nSPS) is 23.7. The van der Waals surface area contributed by atoms with Crippen LogP contribution in [0.15, 0.2) is 44.6 Å². The van der Waals surface area contributed by atoms with Gasteiger partial charge in [0.15, 0.2) is 11.8 Å². The van der Waals surface area contributed by atoms with Crippen LogP contribution in [0.25, 0.3) is 11.0 Å². The van der Waals surface area contributed by atoms with Crippen molar-refractivity contribution in [2.45, 2.75) is 37.4 Å². The van der Waals surface area contributed by atoms with Gasteiger partial charge in [0.1, 0.15) is 29.8 Å². The third kappa shape index (κ3) is 4.00. The first-order chi connectivity index (χ1) is 15.1. The Hall–Kier alpha value is -3.20. The van der Waals surface area contributed by atoms with Crippen molar-refractivity contribution >= 4 is 11.0 Å². The van der Waals surface area contributed by atoms with Crippen molar-refractivity contribution in [2.24, 2.45) is 0 Å². The molecule has 0 saturated carbocycles. The lowest BCUT2D eigenvalue weighted by Crippen LogP contribution is -2.43. The molecule has 1 aliphatic heterocycles. The van der Waals surface area contributed by atoms with Gasteiger partial charge in [-0.2, -0.15) is 0 Å². The van der Waals surface area contributed by atoms with E-state index in [0.29, 0.717) is 0 Å². The topological polar surface area (TPSA) is 149 Å². The van der Waals surface area contributed by atoms with Gasteiger partial charge in [0, 0.05) is 23.7 Å². The summed E-state index contributed by atoms with van der Waals surface area (Å²) >= 11 is 0. The number of aliphatic hydroxyl groups excluding tert-OH is 3. The highest BCUT2D eigenvalue weighted by Gasteiger charge is 2.44. The first-order valence-corrected chi connectivity index (χ1v) is 9.17. The molecular formula is C18H16F3N3O8. The first-order valence-electron chi connectivity index (χ1n) is 9.17. The number of halogens is 3. The predicted molar refractivity (Wildman–Crippen MR) is 97.8 cm³/mol. The lowest BCUT2D eigenvalue weighted by molar-refractivity contribution is -0.274. The average molecular weight is 459 g/mol. The Morgan fingerprint density at radius 2 is 1.91 bits per heavy atom. The molecule has 4 atom stereocenters. The Morgan fingerprint density at radius 1 is 1.16 bits per heavy atom. The standard InChI is InChI=1S/C18H16F3N3O8/c19-18(20,21)31-8-1-2-9-10(22-32-11(9)5-8)6-24-13(26)3-4-23(17(24)29)16-15(28)14(27)12(7-25)30-16/h1-5,12,14-16,25,27-28H,6-7H2/t12-,14+,15+,16-/m1/s1. The predicted octanol–water partition coefficient (Wildman–Crippen LogP) is -0.290. The second kappa shape index (κ2) is 8.05. The minimum absolute atomic E-state index is 0.0606. The molecule has 0 unspecified atom stereocenters. The molecule has 14 heteroatoms. The van der Waals surface area contributed by atoms with E-state index in [2.05, 4.69) is 9.89 Å². The Morgan fingerprint density at radius 3 is 2.56 bits per heavy atom. The minimum atomic E-state index is -4.89. The number of aliphatic hydroxyl groups is 3. The number of fused-ring (bicyclic) bond motifs is 1. The Bertz CT molecular complexity index is 1250. The fourth-order valence-corrected chi connectivity index (χ4v) is 3.41. The Balaban J connectivity index is 1.67. The molecule has 32 heavy (non-hydrogen) atoms. The van der Waals surface area contributed by atoms with Crippen LogP contribution in [0.2, 0.25) is 0 Å². The molecule has 0 spiro atoms. The van der Waals surface area contributed by atoms with Crippen LogP contribution in [0.3, 0.4) is 0 Å². The van der Waals surface area contributed by atoms with E-state index in [9.17, 15) is 38.1 Å². The molecule has 11 nitrogen and oxygen atoms in total. The maximum Gasteiger partial charge on any atom is 0.573 e. The molecule has 3 aromatic rings. The summed E-state index contributed by atoms with van der Waals surface area (Å²) in [5, 5.41) is 33.2. The second-order valence-electron chi connectivity index (χ2n) is 6.99. The maximum atomic E-state index is 12.9. The number of hydrogen-bond donors (Lipinski definition) is 3. The highest BCUT2D eigenvalue weighted by molar-refractivity contribution is 5.80. The first kappa shape index (κ1) is 22.0. The van der Waals surface area contributed by atoms with Crippen LogP contribution in [0.4, 0.5) is 13.2 Å². The summed E-state index contributed by atoms with van der Waals surface area (Å²) in [4.78, 5) is 25.2. The molecule has 0 radical (unpaired) electrons. The summed E-state index contributed by atoms with van der Waals surface area (Å²) in [7, 11) is 0. The summed E-state index contributed by atoms with van der Waals surface area (Å²) in [6.45, 7) is -1.01. The Labute approximate surface area is 175 Å². The highest BCUT2D eigenvalue weighted by atomic mass is 19.4. The average Bonchev–Trinajstić information content (AvgIpc) is 3.25. The summed E-state index contributed by atoms with van der Waals surface area (Å²) in [5.41, 5.74) is -1.63. The van der Waals surface area contributed by atoms with Crippen LogP contribution < -0.4 is 16.0 Å². The molecule has 4 rings (SSSR count). The molecule has 172 valence electrons. The Kier molecular flexibility index (Phi) is 5.54. The molecule has 0 amide bonds. The fraction of sp³-hybridized carbons (Fsp3) is 0.389. The molecule has 3 N–H and O–H groups in total. The smallest absolute Gasteiger partial charge is 0.406 e. The van der Waals surface area contributed by atoms with E-state index in [1.807, 2.05) is 0 Å². The zero-order chi connectivity index (χ0) is 23.2. The van der Waals surface area contributed by atoms with Crippen LogP contribution in [0.1, 0.15) is 11.9 Å². The molecule has 1 aromatic carbocycles. The van der Waals surface area contributed by atoms with E-state index in [1.165, 1.54) is 6.07 Å². The van der Waals surface area contributed by atoms with Crippen molar-refractivity contribution in [1.82, 2.24) is 14.3 Å². The molecule has 0 aliphatic carbocycles. The van der Waals surface area contributed by atoms with E-state index in [0.717, 1.165) is 33.5 Å². The van der Waals surface area contributed by atoms with E-state index in [-0.39, 0.29) is 16.7 Å². The van der Waals surface area contributed by atoms with Crippen molar-refractivity contribution in [3.8, 4) is 5.75 Å². The van der Waals surface area contributed by atoms with Crippen LogP contribution in [0, 0.1) is 0 Å². The number of benzene rings is 1. The lowest BCUT2D eigenvalue weighted by atomic mass is 10.1. The lowest BCUT2D eigenvalue weighted by Gasteiger charge is -2.18. The monoisotopic (exact) mass is 459 g/mol. The summed E-state index contributed by atoms with van der Waals surface area (Å²) in [5.74, 6) is -0.531. The van der Waals surface area contributed by atoms with Crippen molar-refractivity contribution in [1.29, 1.82) is 0 Å². The van der Waals surface area contributed by atoms with Gasteiger partial charge in [0.25, 0.3) is 5.56 Å². The van der Waals surface area contributed by atoms with Crippen molar-refractivity contribution in [3.05, 3.63) is 57.0 Å². The summed E-state index contributed by atoms with van der Waals surface area (Å²) < 4.78 is 52.9. The van der Waals surface area contributed by atoms with Gasteiger partial charge in [0.2, 0.25) is 0 Å². The van der Waals surface area contributed by atoms with Gasteiger partial charge < -0.3 is 29.3 Å². The van der Waals surface area contributed by atoms with E-state index in [4.69, 9.17) is 9.26 Å². The van der Waals surface area contributed by atoms with Gasteiger partial charge in [-0.1, -0.05) is 5.16 Å². The number of hydrogen-bond acceptors (Lipinski definition) is 9. The summed E-state index contributed by atoms with van der Waals surface area (Å²) in [6, 6.07) is 4.25. The van der Waals surface area contributed by atoms with Crippen molar-refractivity contribution in [3.63, 3.8) is 0 Å². The third-order valence-electron chi connectivity index (χ3n) is 4.95. The molecule has 1 saturated heterocycles. The number of nitrogens with zero attached hydrogens (tertiary/aromatic N) is 3. The van der Waals surface area contributed by atoms with Crippen LogP contribution in [-0.4, -0.2) is 60.9 Å². The largest absolute Gasteiger partial charge is 0.573 e. The van der Waals surface area contributed by atoms with Gasteiger partial charge in [-0.25, -0.2) is 4.79 Å². The third-order valence-corrected chi connectivity index (χ3v) is 4.95. The number of rotatable bonds is 5. The fourth-order valence-electron chi connectivity index (χ4n) is 3.41.